The van der Waals surface area contributed by atoms with E-state index in [-0.39, 0.29) is 5.82 Å². The molecule has 13 heavy (non-hydrogen) atoms. The van der Waals surface area contributed by atoms with Gasteiger partial charge in [0.25, 0.3) is 0 Å². The van der Waals surface area contributed by atoms with E-state index in [2.05, 4.69) is 0 Å². The van der Waals surface area contributed by atoms with Crippen molar-refractivity contribution in [3.8, 4) is 0 Å². The standard InChI is InChI=1S/C11H12F2/c1-2-7-3-4-8-5-9(12)6-10(13)11(7)8/h5-7H,2-4H2,1H3. The van der Waals surface area contributed by atoms with Crippen molar-refractivity contribution in [2.45, 2.75) is 32.1 Å². The molecule has 0 radical (unpaired) electrons. The van der Waals surface area contributed by atoms with Gasteiger partial charge in [0.15, 0.2) is 0 Å². The second-order valence-electron chi connectivity index (χ2n) is 3.60. The second-order valence-corrected chi connectivity index (χ2v) is 3.60. The summed E-state index contributed by atoms with van der Waals surface area (Å²) < 4.78 is 26.2. The number of aryl methyl sites for hydroxylation is 1. The Kier molecular flexibility index (Phi) is 2.06. The van der Waals surface area contributed by atoms with Crippen LogP contribution in [0.1, 0.15) is 36.8 Å². The van der Waals surface area contributed by atoms with E-state index in [1.807, 2.05) is 6.92 Å². The topological polar surface area (TPSA) is 0 Å². The van der Waals surface area contributed by atoms with E-state index >= 15 is 0 Å². The van der Waals surface area contributed by atoms with E-state index in [0.29, 0.717) is 5.92 Å². The van der Waals surface area contributed by atoms with Crippen molar-refractivity contribution in [1.29, 1.82) is 0 Å². The predicted octanol–water partition coefficient (Wildman–Crippen LogP) is 3.40. The average Bonchev–Trinajstić information content (AvgIpc) is 2.47. The lowest BCUT2D eigenvalue weighted by Crippen LogP contribution is -1.96. The van der Waals surface area contributed by atoms with Crippen LogP contribution >= 0.6 is 0 Å². The Balaban J connectivity index is 2.51. The van der Waals surface area contributed by atoms with Gasteiger partial charge in [0, 0.05) is 6.07 Å². The highest BCUT2D eigenvalue weighted by Crippen LogP contribution is 2.37. The zero-order valence-electron chi connectivity index (χ0n) is 7.61. The van der Waals surface area contributed by atoms with E-state index in [1.165, 1.54) is 6.07 Å². The summed E-state index contributed by atoms with van der Waals surface area (Å²) in [5.74, 6) is -0.511. The first-order chi connectivity index (χ1) is 6.22. The van der Waals surface area contributed by atoms with E-state index in [0.717, 1.165) is 36.5 Å². The summed E-state index contributed by atoms with van der Waals surface area (Å²) in [6, 6.07) is 2.46. The molecule has 0 nitrogen and oxygen atoms in total. The van der Waals surface area contributed by atoms with Crippen molar-refractivity contribution < 1.29 is 8.78 Å². The van der Waals surface area contributed by atoms with Gasteiger partial charge in [0.2, 0.25) is 0 Å². The Bertz CT molecular complexity index is 331. The summed E-state index contributed by atoms with van der Waals surface area (Å²) in [5.41, 5.74) is 1.62. The molecule has 1 aromatic rings. The Morgan fingerprint density at radius 1 is 1.38 bits per heavy atom. The fourth-order valence-electron chi connectivity index (χ4n) is 2.18. The van der Waals surface area contributed by atoms with Crippen molar-refractivity contribution in [1.82, 2.24) is 0 Å². The van der Waals surface area contributed by atoms with Crippen molar-refractivity contribution in [3.63, 3.8) is 0 Å². The molecule has 0 spiro atoms. The van der Waals surface area contributed by atoms with E-state index in [4.69, 9.17) is 0 Å². The van der Waals surface area contributed by atoms with Crippen LogP contribution in [0.4, 0.5) is 8.78 Å². The zero-order chi connectivity index (χ0) is 9.42. The molecule has 0 fully saturated rings. The van der Waals surface area contributed by atoms with Crippen molar-refractivity contribution in [2.75, 3.05) is 0 Å². The van der Waals surface area contributed by atoms with Crippen LogP contribution in [-0.4, -0.2) is 0 Å². The maximum absolute atomic E-state index is 13.3. The minimum absolute atomic E-state index is 0.301. The van der Waals surface area contributed by atoms with Gasteiger partial charge in [0.05, 0.1) is 0 Å². The molecule has 1 aliphatic carbocycles. The second kappa shape index (κ2) is 3.09. The number of rotatable bonds is 1. The maximum atomic E-state index is 13.3. The fourth-order valence-corrected chi connectivity index (χ4v) is 2.18. The molecular formula is C11H12F2. The van der Waals surface area contributed by atoms with Gasteiger partial charge in [-0.3, -0.25) is 0 Å². The van der Waals surface area contributed by atoms with Crippen LogP contribution in [0.2, 0.25) is 0 Å². The van der Waals surface area contributed by atoms with Crippen LogP contribution in [0.3, 0.4) is 0 Å². The molecule has 0 N–H and O–H groups in total. The fraction of sp³-hybridized carbons (Fsp3) is 0.455. The highest BCUT2D eigenvalue weighted by atomic mass is 19.1. The van der Waals surface area contributed by atoms with E-state index in [9.17, 15) is 8.78 Å². The van der Waals surface area contributed by atoms with Crippen LogP contribution in [0.25, 0.3) is 0 Å². The Hall–Kier alpha value is -0.920. The molecule has 0 bridgehead atoms. The predicted molar refractivity (Wildman–Crippen MR) is 47.7 cm³/mol. The van der Waals surface area contributed by atoms with E-state index < -0.39 is 5.82 Å². The Labute approximate surface area is 76.6 Å². The molecule has 0 amide bonds. The van der Waals surface area contributed by atoms with Gasteiger partial charge in [-0.15, -0.1) is 0 Å². The van der Waals surface area contributed by atoms with Gasteiger partial charge in [-0.1, -0.05) is 6.92 Å². The van der Waals surface area contributed by atoms with Gasteiger partial charge in [-0.2, -0.15) is 0 Å². The minimum Gasteiger partial charge on any atom is -0.207 e. The first kappa shape index (κ1) is 8.67. The summed E-state index contributed by atoms with van der Waals surface area (Å²) in [5, 5.41) is 0. The molecule has 0 heterocycles. The number of hydrogen-bond acceptors (Lipinski definition) is 0. The summed E-state index contributed by atoms with van der Waals surface area (Å²) in [7, 11) is 0. The number of fused-ring (bicyclic) bond motifs is 1. The lowest BCUT2D eigenvalue weighted by molar-refractivity contribution is 0.554. The maximum Gasteiger partial charge on any atom is 0.129 e. The van der Waals surface area contributed by atoms with Crippen molar-refractivity contribution in [3.05, 3.63) is 34.9 Å². The molecule has 1 aliphatic rings. The molecule has 1 unspecified atom stereocenters. The molecule has 0 saturated heterocycles. The van der Waals surface area contributed by atoms with Crippen LogP contribution in [0.5, 0.6) is 0 Å². The summed E-state index contributed by atoms with van der Waals surface area (Å²) in [6.07, 6.45) is 2.73. The third-order valence-electron chi connectivity index (χ3n) is 2.84. The molecule has 0 aromatic heterocycles. The largest absolute Gasteiger partial charge is 0.207 e. The number of hydrogen-bond donors (Lipinski definition) is 0. The first-order valence-electron chi connectivity index (χ1n) is 4.70. The summed E-state index contributed by atoms with van der Waals surface area (Å²) >= 11 is 0. The average molecular weight is 182 g/mol. The molecule has 2 heteroatoms. The first-order valence-corrected chi connectivity index (χ1v) is 4.70. The third kappa shape index (κ3) is 1.34. The van der Waals surface area contributed by atoms with Gasteiger partial charge >= 0.3 is 0 Å². The monoisotopic (exact) mass is 182 g/mol. The normalized spacial score (nSPS) is 20.4. The molecule has 0 aliphatic heterocycles. The Morgan fingerprint density at radius 3 is 2.85 bits per heavy atom. The van der Waals surface area contributed by atoms with Crippen LogP contribution < -0.4 is 0 Å². The summed E-state index contributed by atoms with van der Waals surface area (Å²) in [6.45, 7) is 2.04. The van der Waals surface area contributed by atoms with Gasteiger partial charge in [-0.05, 0) is 42.4 Å². The van der Waals surface area contributed by atoms with Crippen LogP contribution in [0, 0.1) is 11.6 Å². The lowest BCUT2D eigenvalue weighted by atomic mass is 9.98. The lowest BCUT2D eigenvalue weighted by Gasteiger charge is -2.08. The summed E-state index contributed by atoms with van der Waals surface area (Å²) in [4.78, 5) is 0. The highest BCUT2D eigenvalue weighted by Gasteiger charge is 2.25. The quantitative estimate of drug-likeness (QED) is 0.624. The molecular weight excluding hydrogens is 170 g/mol. The van der Waals surface area contributed by atoms with Gasteiger partial charge in [0.1, 0.15) is 11.6 Å². The Morgan fingerprint density at radius 2 is 2.15 bits per heavy atom. The van der Waals surface area contributed by atoms with Crippen molar-refractivity contribution in [2.24, 2.45) is 0 Å². The molecule has 1 atom stereocenters. The molecule has 1 aromatic carbocycles. The van der Waals surface area contributed by atoms with Gasteiger partial charge in [-0.25, -0.2) is 8.78 Å². The van der Waals surface area contributed by atoms with Gasteiger partial charge < -0.3 is 0 Å². The SMILES string of the molecule is CCC1CCc2cc(F)cc(F)c21. The molecule has 70 valence electrons. The highest BCUT2D eigenvalue weighted by molar-refractivity contribution is 5.36. The van der Waals surface area contributed by atoms with Crippen molar-refractivity contribution >= 4 is 0 Å². The smallest absolute Gasteiger partial charge is 0.129 e. The molecule has 0 saturated carbocycles. The number of benzene rings is 1. The minimum atomic E-state index is -0.451. The van der Waals surface area contributed by atoms with E-state index in [1.54, 1.807) is 0 Å². The van der Waals surface area contributed by atoms with Crippen LogP contribution in [0.15, 0.2) is 12.1 Å². The van der Waals surface area contributed by atoms with Crippen LogP contribution in [-0.2, 0) is 6.42 Å². The number of halogens is 2. The third-order valence-corrected chi connectivity index (χ3v) is 2.84. The molecule has 2 rings (SSSR count). The zero-order valence-corrected chi connectivity index (χ0v) is 7.61.